The number of phenols is 1. The zero-order valence-electron chi connectivity index (χ0n) is 16.2. The fraction of sp³-hybridized carbons (Fsp3) is 0.739. The molecule has 5 atom stereocenters. The first-order chi connectivity index (χ1) is 12.1. The Bertz CT molecular complexity index is 637. The summed E-state index contributed by atoms with van der Waals surface area (Å²) in [5.41, 5.74) is 3.42. The molecule has 2 heteroatoms. The second-order valence-corrected chi connectivity index (χ2v) is 9.10. The van der Waals surface area contributed by atoms with Gasteiger partial charge in [0.05, 0.1) is 7.11 Å². The molecule has 1 aromatic carbocycles. The number of methoxy groups -OCH3 is 1. The Morgan fingerprint density at radius 3 is 2.80 bits per heavy atom. The fourth-order valence-corrected chi connectivity index (χ4v) is 6.78. The van der Waals surface area contributed by atoms with Gasteiger partial charge in [-0.2, -0.15) is 0 Å². The maximum Gasteiger partial charge on any atom is 0.160 e. The standard InChI is InChI=1S/C23H34O2/c1-4-5-6-16-8-10-20-18-9-7-15-13-21(24)22(25-3)14-19(15)17(18)11-12-23(16,20)2/h13-14,16-18,20,24H,4-12H2,1-3H3/t16-,17-,18+,20-,23+/m0/s1. The Kier molecular flexibility index (Phi) is 4.50. The molecular formula is C23H34O2. The molecule has 0 aromatic heterocycles. The molecule has 0 heterocycles. The number of aryl methyl sites for hydroxylation is 1. The van der Waals surface area contributed by atoms with Gasteiger partial charge < -0.3 is 9.84 Å². The molecular weight excluding hydrogens is 308 g/mol. The van der Waals surface area contributed by atoms with E-state index in [1.165, 1.54) is 62.5 Å². The molecule has 0 saturated heterocycles. The summed E-state index contributed by atoms with van der Waals surface area (Å²) in [7, 11) is 1.66. The highest BCUT2D eigenvalue weighted by molar-refractivity contribution is 5.49. The van der Waals surface area contributed by atoms with Crippen molar-refractivity contribution in [3.63, 3.8) is 0 Å². The van der Waals surface area contributed by atoms with Gasteiger partial charge in [-0.3, -0.25) is 0 Å². The first kappa shape index (κ1) is 17.2. The van der Waals surface area contributed by atoms with Crippen LogP contribution in [0, 0.1) is 23.2 Å². The molecule has 2 nitrogen and oxygen atoms in total. The minimum absolute atomic E-state index is 0.306. The van der Waals surface area contributed by atoms with Crippen molar-refractivity contribution in [2.75, 3.05) is 7.11 Å². The predicted octanol–water partition coefficient (Wildman–Crippen LogP) is 6.06. The van der Waals surface area contributed by atoms with Crippen LogP contribution in [0.1, 0.15) is 82.3 Å². The zero-order valence-corrected chi connectivity index (χ0v) is 16.2. The van der Waals surface area contributed by atoms with E-state index in [4.69, 9.17) is 4.74 Å². The minimum atomic E-state index is 0.306. The number of aromatic hydroxyl groups is 1. The van der Waals surface area contributed by atoms with Gasteiger partial charge in [-0.15, -0.1) is 0 Å². The molecule has 0 amide bonds. The summed E-state index contributed by atoms with van der Waals surface area (Å²) in [6, 6.07) is 4.12. The number of phenolic OH excluding ortho intramolecular Hbond substituents is 1. The van der Waals surface area contributed by atoms with E-state index in [-0.39, 0.29) is 0 Å². The molecule has 0 bridgehead atoms. The van der Waals surface area contributed by atoms with E-state index in [1.54, 1.807) is 7.11 Å². The van der Waals surface area contributed by atoms with Gasteiger partial charge in [0, 0.05) is 0 Å². The van der Waals surface area contributed by atoms with Crippen molar-refractivity contribution < 1.29 is 9.84 Å². The van der Waals surface area contributed by atoms with E-state index in [0.717, 1.165) is 24.2 Å². The van der Waals surface area contributed by atoms with Crippen molar-refractivity contribution in [1.29, 1.82) is 0 Å². The molecule has 1 N–H and O–H groups in total. The third-order valence-electron chi connectivity index (χ3n) is 8.13. The van der Waals surface area contributed by atoms with Crippen molar-refractivity contribution >= 4 is 0 Å². The quantitative estimate of drug-likeness (QED) is 0.720. The molecule has 3 aliphatic rings. The Morgan fingerprint density at radius 2 is 2.04 bits per heavy atom. The Balaban J connectivity index is 1.62. The van der Waals surface area contributed by atoms with E-state index >= 15 is 0 Å². The van der Waals surface area contributed by atoms with Crippen molar-refractivity contribution in [1.82, 2.24) is 0 Å². The molecule has 138 valence electrons. The normalized spacial score (nSPS) is 36.4. The van der Waals surface area contributed by atoms with Crippen LogP contribution in [0.4, 0.5) is 0 Å². The molecule has 4 rings (SSSR count). The van der Waals surface area contributed by atoms with E-state index in [2.05, 4.69) is 19.9 Å². The number of unbranched alkanes of at least 4 members (excludes halogenated alkanes) is 1. The topological polar surface area (TPSA) is 29.5 Å². The maximum absolute atomic E-state index is 10.1. The van der Waals surface area contributed by atoms with Gasteiger partial charge in [0.2, 0.25) is 0 Å². The van der Waals surface area contributed by atoms with E-state index in [0.29, 0.717) is 22.8 Å². The lowest BCUT2D eigenvalue weighted by atomic mass is 9.54. The average molecular weight is 343 g/mol. The molecule has 3 aliphatic carbocycles. The number of hydrogen-bond acceptors (Lipinski definition) is 2. The van der Waals surface area contributed by atoms with Crippen molar-refractivity contribution in [3.05, 3.63) is 23.3 Å². The number of benzene rings is 1. The van der Waals surface area contributed by atoms with Gasteiger partial charge in [0.15, 0.2) is 11.5 Å². The van der Waals surface area contributed by atoms with Crippen LogP contribution >= 0.6 is 0 Å². The SMILES string of the molecule is CCCC[C@H]1CC[C@H]2[C@@H]3CCc4cc(O)c(OC)cc4[C@H]3CC[C@]12C. The number of fused-ring (bicyclic) bond motifs is 5. The monoisotopic (exact) mass is 342 g/mol. The third kappa shape index (κ3) is 2.67. The van der Waals surface area contributed by atoms with Crippen LogP contribution < -0.4 is 4.74 Å². The van der Waals surface area contributed by atoms with E-state index < -0.39 is 0 Å². The lowest BCUT2D eigenvalue weighted by molar-refractivity contribution is 0.0252. The highest BCUT2D eigenvalue weighted by Crippen LogP contribution is 2.64. The molecule has 1 aromatic rings. The lowest BCUT2D eigenvalue weighted by Crippen LogP contribution is -2.42. The van der Waals surface area contributed by atoms with Crippen LogP contribution in [0.2, 0.25) is 0 Å². The van der Waals surface area contributed by atoms with E-state index in [9.17, 15) is 5.11 Å². The summed E-state index contributed by atoms with van der Waals surface area (Å²) in [6.07, 6.45) is 12.2. The first-order valence-corrected chi connectivity index (χ1v) is 10.5. The molecule has 0 spiro atoms. The number of rotatable bonds is 4. The van der Waals surface area contributed by atoms with Crippen molar-refractivity contribution in [2.45, 2.75) is 77.6 Å². The van der Waals surface area contributed by atoms with Gasteiger partial charge in [-0.25, -0.2) is 0 Å². The second-order valence-electron chi connectivity index (χ2n) is 9.10. The van der Waals surface area contributed by atoms with Crippen molar-refractivity contribution in [2.24, 2.45) is 23.2 Å². The molecule has 0 unspecified atom stereocenters. The smallest absolute Gasteiger partial charge is 0.160 e. The number of ether oxygens (including phenoxy) is 1. The summed E-state index contributed by atoms with van der Waals surface area (Å²) in [4.78, 5) is 0. The maximum atomic E-state index is 10.1. The molecule has 2 saturated carbocycles. The molecule has 2 fully saturated rings. The fourth-order valence-electron chi connectivity index (χ4n) is 6.78. The van der Waals surface area contributed by atoms with Gasteiger partial charge in [0.25, 0.3) is 0 Å². The Hall–Kier alpha value is -1.18. The summed E-state index contributed by atoms with van der Waals surface area (Å²) in [5, 5.41) is 10.1. The Labute approximate surface area is 153 Å². The zero-order chi connectivity index (χ0) is 17.6. The minimum Gasteiger partial charge on any atom is -0.504 e. The molecule has 25 heavy (non-hydrogen) atoms. The summed E-state index contributed by atoms with van der Waals surface area (Å²) < 4.78 is 5.41. The second kappa shape index (κ2) is 6.52. The summed E-state index contributed by atoms with van der Waals surface area (Å²) in [6.45, 7) is 4.95. The third-order valence-corrected chi connectivity index (χ3v) is 8.13. The van der Waals surface area contributed by atoms with Gasteiger partial charge >= 0.3 is 0 Å². The van der Waals surface area contributed by atoms with Crippen LogP contribution in [0.3, 0.4) is 0 Å². The van der Waals surface area contributed by atoms with Crippen LogP contribution in [-0.2, 0) is 6.42 Å². The van der Waals surface area contributed by atoms with Gasteiger partial charge in [-0.1, -0.05) is 26.7 Å². The summed E-state index contributed by atoms with van der Waals surface area (Å²) >= 11 is 0. The number of hydrogen-bond donors (Lipinski definition) is 1. The van der Waals surface area contributed by atoms with Crippen LogP contribution in [0.5, 0.6) is 11.5 Å². The van der Waals surface area contributed by atoms with Crippen LogP contribution in [-0.4, -0.2) is 12.2 Å². The lowest BCUT2D eigenvalue weighted by Gasteiger charge is -2.51. The van der Waals surface area contributed by atoms with Gasteiger partial charge in [0.1, 0.15) is 0 Å². The molecule has 0 radical (unpaired) electrons. The summed E-state index contributed by atoms with van der Waals surface area (Å²) in [5.74, 6) is 4.34. The van der Waals surface area contributed by atoms with Crippen molar-refractivity contribution in [3.8, 4) is 11.5 Å². The molecule has 0 aliphatic heterocycles. The van der Waals surface area contributed by atoms with Gasteiger partial charge in [-0.05, 0) is 97.3 Å². The van der Waals surface area contributed by atoms with E-state index in [1.807, 2.05) is 6.07 Å². The van der Waals surface area contributed by atoms with Crippen LogP contribution in [0.25, 0.3) is 0 Å². The highest BCUT2D eigenvalue weighted by atomic mass is 16.5. The van der Waals surface area contributed by atoms with Crippen LogP contribution in [0.15, 0.2) is 12.1 Å². The average Bonchev–Trinajstić information content (AvgIpc) is 2.95. The first-order valence-electron chi connectivity index (χ1n) is 10.5. The largest absolute Gasteiger partial charge is 0.504 e. The highest BCUT2D eigenvalue weighted by Gasteiger charge is 2.54. The predicted molar refractivity (Wildman–Crippen MR) is 102 cm³/mol. The Morgan fingerprint density at radius 1 is 1.20 bits per heavy atom.